The van der Waals surface area contributed by atoms with E-state index in [0.717, 1.165) is 32.1 Å². The van der Waals surface area contributed by atoms with Crippen LogP contribution in [-0.2, 0) is 10.2 Å². The number of methoxy groups -OCH3 is 1. The predicted molar refractivity (Wildman–Crippen MR) is 85.3 cm³/mol. The normalized spacial score (nSPS) is 12.3. The number of aliphatic imine (C=N–C) groups is 1. The Bertz CT molecular complexity index is 401. The topological polar surface area (TPSA) is 45.7 Å². The average Bonchev–Trinajstić information content (AvgIpc) is 2.47. The van der Waals surface area contributed by atoms with Crippen LogP contribution in [0, 0.1) is 0 Å². The van der Waals surface area contributed by atoms with Crippen molar-refractivity contribution in [1.29, 1.82) is 0 Å². The van der Waals surface area contributed by atoms with E-state index >= 15 is 0 Å². The molecule has 20 heavy (non-hydrogen) atoms. The second-order valence-corrected chi connectivity index (χ2v) is 5.45. The Morgan fingerprint density at radius 2 is 1.90 bits per heavy atom. The number of ether oxygens (including phenoxy) is 1. The van der Waals surface area contributed by atoms with Gasteiger partial charge in [0.1, 0.15) is 0 Å². The van der Waals surface area contributed by atoms with Crippen LogP contribution in [0.4, 0.5) is 0 Å². The van der Waals surface area contributed by atoms with Crippen molar-refractivity contribution in [2.45, 2.75) is 25.7 Å². The fraction of sp³-hybridized carbons (Fsp3) is 0.562. The van der Waals surface area contributed by atoms with E-state index in [1.165, 1.54) is 5.56 Å². The molecule has 0 aliphatic heterocycles. The third-order valence-corrected chi connectivity index (χ3v) is 3.29. The Balaban J connectivity index is 2.43. The van der Waals surface area contributed by atoms with E-state index in [0.29, 0.717) is 0 Å². The second kappa shape index (κ2) is 8.59. The highest BCUT2D eigenvalue weighted by Crippen LogP contribution is 2.21. The number of nitrogens with zero attached hydrogens (tertiary/aromatic N) is 1. The van der Waals surface area contributed by atoms with Crippen molar-refractivity contribution in [3.05, 3.63) is 35.9 Å². The number of hydrogen-bond acceptors (Lipinski definition) is 2. The van der Waals surface area contributed by atoms with Crippen molar-refractivity contribution >= 4 is 5.96 Å². The van der Waals surface area contributed by atoms with Crippen LogP contribution >= 0.6 is 0 Å². The van der Waals surface area contributed by atoms with Gasteiger partial charge in [-0.2, -0.15) is 0 Å². The van der Waals surface area contributed by atoms with Crippen LogP contribution in [0.3, 0.4) is 0 Å². The molecule has 0 saturated heterocycles. The van der Waals surface area contributed by atoms with Crippen LogP contribution < -0.4 is 10.6 Å². The van der Waals surface area contributed by atoms with Crippen LogP contribution in [-0.4, -0.2) is 39.8 Å². The first-order chi connectivity index (χ1) is 9.60. The minimum atomic E-state index is 0.0609. The van der Waals surface area contributed by atoms with Gasteiger partial charge < -0.3 is 15.4 Å². The number of nitrogens with one attached hydrogen (secondary N) is 2. The van der Waals surface area contributed by atoms with Crippen LogP contribution in [0.2, 0.25) is 0 Å². The van der Waals surface area contributed by atoms with Gasteiger partial charge in [0.05, 0.1) is 0 Å². The van der Waals surface area contributed by atoms with Crippen molar-refractivity contribution in [2.24, 2.45) is 4.99 Å². The lowest BCUT2D eigenvalue weighted by molar-refractivity contribution is 0.195. The highest BCUT2D eigenvalue weighted by atomic mass is 16.5. The number of guanidine groups is 1. The Morgan fingerprint density at radius 3 is 2.50 bits per heavy atom. The SMILES string of the molecule is CN=C(NCCCOC)NCC(C)(C)c1ccccc1. The average molecular weight is 277 g/mol. The Labute approximate surface area is 122 Å². The highest BCUT2D eigenvalue weighted by Gasteiger charge is 2.20. The van der Waals surface area contributed by atoms with E-state index < -0.39 is 0 Å². The molecule has 0 bridgehead atoms. The monoisotopic (exact) mass is 277 g/mol. The molecule has 0 saturated carbocycles. The third-order valence-electron chi connectivity index (χ3n) is 3.29. The van der Waals surface area contributed by atoms with Gasteiger partial charge in [0, 0.05) is 39.3 Å². The predicted octanol–water partition coefficient (Wildman–Crippen LogP) is 2.17. The smallest absolute Gasteiger partial charge is 0.191 e. The Morgan fingerprint density at radius 1 is 1.20 bits per heavy atom. The zero-order chi connectivity index (χ0) is 14.8. The molecule has 1 rings (SSSR count). The lowest BCUT2D eigenvalue weighted by atomic mass is 9.85. The van der Waals surface area contributed by atoms with Gasteiger partial charge in [-0.3, -0.25) is 4.99 Å². The summed E-state index contributed by atoms with van der Waals surface area (Å²) in [7, 11) is 3.51. The minimum absolute atomic E-state index is 0.0609. The van der Waals surface area contributed by atoms with Crippen LogP contribution in [0.15, 0.2) is 35.3 Å². The molecule has 0 aliphatic carbocycles. The standard InChI is InChI=1S/C16H27N3O/c1-16(2,14-9-6-5-7-10-14)13-19-15(17-3)18-11-8-12-20-4/h5-7,9-10H,8,11-13H2,1-4H3,(H2,17,18,19). The van der Waals surface area contributed by atoms with E-state index in [2.05, 4.69) is 53.7 Å². The minimum Gasteiger partial charge on any atom is -0.385 e. The van der Waals surface area contributed by atoms with Gasteiger partial charge in [0.25, 0.3) is 0 Å². The summed E-state index contributed by atoms with van der Waals surface area (Å²) in [5, 5.41) is 6.67. The molecule has 0 spiro atoms. The summed E-state index contributed by atoms with van der Waals surface area (Å²) < 4.78 is 5.03. The molecule has 0 atom stereocenters. The molecular formula is C16H27N3O. The van der Waals surface area contributed by atoms with Gasteiger partial charge in [-0.05, 0) is 12.0 Å². The molecule has 4 nitrogen and oxygen atoms in total. The van der Waals surface area contributed by atoms with Crippen LogP contribution in [0.25, 0.3) is 0 Å². The molecule has 0 radical (unpaired) electrons. The molecule has 0 aromatic heterocycles. The summed E-state index contributed by atoms with van der Waals surface area (Å²) in [6, 6.07) is 10.5. The van der Waals surface area contributed by atoms with Gasteiger partial charge >= 0.3 is 0 Å². The first-order valence-corrected chi connectivity index (χ1v) is 7.09. The number of benzene rings is 1. The first-order valence-electron chi connectivity index (χ1n) is 7.09. The Kier molecular flexibility index (Phi) is 7.09. The third kappa shape index (κ3) is 5.61. The molecule has 1 aromatic rings. The fourth-order valence-corrected chi connectivity index (χ4v) is 1.94. The van der Waals surface area contributed by atoms with Crippen molar-refractivity contribution in [2.75, 3.05) is 33.9 Å². The second-order valence-electron chi connectivity index (χ2n) is 5.45. The molecule has 0 aliphatic rings. The summed E-state index contributed by atoms with van der Waals surface area (Å²) in [4.78, 5) is 4.24. The van der Waals surface area contributed by atoms with Gasteiger partial charge in [0.2, 0.25) is 0 Å². The highest BCUT2D eigenvalue weighted by molar-refractivity contribution is 5.79. The molecule has 0 fully saturated rings. The summed E-state index contributed by atoms with van der Waals surface area (Å²) in [5.74, 6) is 0.838. The maximum Gasteiger partial charge on any atom is 0.191 e. The van der Waals surface area contributed by atoms with Gasteiger partial charge in [-0.1, -0.05) is 44.2 Å². The fourth-order valence-electron chi connectivity index (χ4n) is 1.94. The van der Waals surface area contributed by atoms with Crippen molar-refractivity contribution in [3.8, 4) is 0 Å². The summed E-state index contributed by atoms with van der Waals surface area (Å²) in [5.41, 5.74) is 1.38. The zero-order valence-corrected chi connectivity index (χ0v) is 13.1. The molecule has 2 N–H and O–H groups in total. The largest absolute Gasteiger partial charge is 0.385 e. The maximum atomic E-state index is 5.03. The van der Waals surface area contributed by atoms with Crippen LogP contribution in [0.5, 0.6) is 0 Å². The Hall–Kier alpha value is -1.55. The van der Waals surface area contributed by atoms with Crippen molar-refractivity contribution in [1.82, 2.24) is 10.6 Å². The molecule has 4 heteroatoms. The molecule has 0 heterocycles. The summed E-state index contributed by atoms with van der Waals surface area (Å²) >= 11 is 0. The summed E-state index contributed by atoms with van der Waals surface area (Å²) in [6.07, 6.45) is 0.972. The quantitative estimate of drug-likeness (QED) is 0.456. The number of hydrogen-bond donors (Lipinski definition) is 2. The lowest BCUT2D eigenvalue weighted by Gasteiger charge is -2.26. The van der Waals surface area contributed by atoms with Crippen molar-refractivity contribution < 1.29 is 4.74 Å². The van der Waals surface area contributed by atoms with Gasteiger partial charge in [0.15, 0.2) is 5.96 Å². The van der Waals surface area contributed by atoms with Crippen LogP contribution in [0.1, 0.15) is 25.8 Å². The van der Waals surface area contributed by atoms with E-state index in [1.54, 1.807) is 14.2 Å². The van der Waals surface area contributed by atoms with E-state index in [1.807, 2.05) is 6.07 Å². The van der Waals surface area contributed by atoms with E-state index in [9.17, 15) is 0 Å². The van der Waals surface area contributed by atoms with E-state index in [4.69, 9.17) is 4.74 Å². The number of rotatable bonds is 7. The molecule has 0 amide bonds. The van der Waals surface area contributed by atoms with Gasteiger partial charge in [-0.15, -0.1) is 0 Å². The van der Waals surface area contributed by atoms with E-state index in [-0.39, 0.29) is 5.41 Å². The summed E-state index contributed by atoms with van der Waals surface area (Å²) in [6.45, 7) is 6.92. The molecular weight excluding hydrogens is 250 g/mol. The molecule has 0 unspecified atom stereocenters. The first kappa shape index (κ1) is 16.5. The maximum absolute atomic E-state index is 5.03. The zero-order valence-electron chi connectivity index (χ0n) is 13.1. The lowest BCUT2D eigenvalue weighted by Crippen LogP contribution is -2.43. The molecule has 112 valence electrons. The van der Waals surface area contributed by atoms with Gasteiger partial charge in [-0.25, -0.2) is 0 Å². The molecule has 1 aromatic carbocycles. The van der Waals surface area contributed by atoms with Crippen molar-refractivity contribution in [3.63, 3.8) is 0 Å².